The summed E-state index contributed by atoms with van der Waals surface area (Å²) in [5, 5.41) is 0. The fraction of sp³-hybridized carbons (Fsp3) is 0.357. The lowest BCUT2D eigenvalue weighted by molar-refractivity contribution is 0.857. The zero-order valence-corrected chi connectivity index (χ0v) is 10.2. The molecule has 1 nitrogen and oxygen atoms in total. The van der Waals surface area contributed by atoms with Crippen LogP contribution < -0.4 is 0 Å². The summed E-state index contributed by atoms with van der Waals surface area (Å²) >= 11 is 0. The van der Waals surface area contributed by atoms with Gasteiger partial charge in [0.1, 0.15) is 0 Å². The maximum absolute atomic E-state index is 4.30. The molecular formula is C14H21N. The van der Waals surface area contributed by atoms with Crippen molar-refractivity contribution >= 4 is 12.2 Å². The van der Waals surface area contributed by atoms with E-state index < -0.39 is 0 Å². The van der Waals surface area contributed by atoms with E-state index in [1.54, 1.807) is 6.08 Å². The maximum atomic E-state index is 4.30. The summed E-state index contributed by atoms with van der Waals surface area (Å²) in [7, 11) is 0. The maximum Gasteiger partial charge on any atom is 0.0696 e. The molecule has 0 aliphatic carbocycles. The molecule has 0 saturated carbocycles. The quantitative estimate of drug-likeness (QED) is 0.704. The molecule has 0 bridgehead atoms. The number of pyridine rings is 1. The molecule has 0 fully saturated rings. The second-order valence-corrected chi connectivity index (χ2v) is 3.31. The van der Waals surface area contributed by atoms with Crippen LogP contribution in [0.4, 0.5) is 0 Å². The largest absolute Gasteiger partial charge is 0.256 e. The summed E-state index contributed by atoms with van der Waals surface area (Å²) in [5.41, 5.74) is 3.20. The molecule has 0 saturated heterocycles. The van der Waals surface area contributed by atoms with Crippen LogP contribution in [0.25, 0.3) is 12.2 Å². The molecule has 15 heavy (non-hydrogen) atoms. The Balaban J connectivity index is 0.000000921. The summed E-state index contributed by atoms with van der Waals surface area (Å²) in [6, 6.07) is 2.11. The molecule has 0 N–H and O–H groups in total. The Morgan fingerprint density at radius 3 is 2.20 bits per heavy atom. The van der Waals surface area contributed by atoms with Gasteiger partial charge >= 0.3 is 0 Å². The molecular weight excluding hydrogens is 182 g/mol. The highest BCUT2D eigenvalue weighted by Crippen LogP contribution is 2.18. The van der Waals surface area contributed by atoms with E-state index in [1.807, 2.05) is 26.1 Å². The van der Waals surface area contributed by atoms with Crippen molar-refractivity contribution < 1.29 is 0 Å². The molecule has 0 aliphatic rings. The van der Waals surface area contributed by atoms with Gasteiger partial charge in [0.05, 0.1) is 5.69 Å². The summed E-state index contributed by atoms with van der Waals surface area (Å²) in [4.78, 5) is 4.30. The third-order valence-electron chi connectivity index (χ3n) is 2.05. The van der Waals surface area contributed by atoms with Crippen molar-refractivity contribution in [1.82, 2.24) is 4.98 Å². The normalized spacial score (nSPS) is 9.13. The first-order chi connectivity index (χ1) is 7.19. The number of hydrogen-bond donors (Lipinski definition) is 0. The number of nitrogens with zero attached hydrogens (tertiary/aromatic N) is 1. The number of rotatable bonds is 3. The minimum absolute atomic E-state index is 0.505. The van der Waals surface area contributed by atoms with Crippen molar-refractivity contribution in [2.75, 3.05) is 0 Å². The number of aromatic nitrogens is 1. The molecule has 1 heteroatoms. The van der Waals surface area contributed by atoms with Crippen molar-refractivity contribution in [1.29, 1.82) is 0 Å². The van der Waals surface area contributed by atoms with Crippen molar-refractivity contribution in [2.24, 2.45) is 0 Å². The second-order valence-electron chi connectivity index (χ2n) is 3.31. The molecule has 82 valence electrons. The minimum Gasteiger partial charge on any atom is -0.256 e. The predicted molar refractivity (Wildman–Crippen MR) is 69.9 cm³/mol. The predicted octanol–water partition coefficient (Wildman–Crippen LogP) is 4.52. The van der Waals surface area contributed by atoms with Gasteiger partial charge in [0.15, 0.2) is 0 Å². The zero-order chi connectivity index (χ0) is 11.8. The average Bonchev–Trinajstić information content (AvgIpc) is 2.30. The van der Waals surface area contributed by atoms with E-state index in [4.69, 9.17) is 0 Å². The lowest BCUT2D eigenvalue weighted by atomic mass is 10.0. The lowest BCUT2D eigenvalue weighted by Crippen LogP contribution is -1.93. The molecule has 0 aliphatic heterocycles. The van der Waals surface area contributed by atoms with Crippen LogP contribution in [-0.4, -0.2) is 4.98 Å². The summed E-state index contributed by atoms with van der Waals surface area (Å²) in [6.45, 7) is 15.8. The van der Waals surface area contributed by atoms with Gasteiger partial charge in [-0.1, -0.05) is 46.9 Å². The highest BCUT2D eigenvalue weighted by atomic mass is 14.7. The molecule has 1 aromatic rings. The molecule has 0 spiro atoms. The van der Waals surface area contributed by atoms with Crippen LogP contribution >= 0.6 is 0 Å². The Labute approximate surface area is 93.6 Å². The van der Waals surface area contributed by atoms with Crippen LogP contribution in [0.1, 0.15) is 50.4 Å². The molecule has 0 unspecified atom stereocenters. The van der Waals surface area contributed by atoms with Crippen molar-refractivity contribution in [3.8, 4) is 0 Å². The van der Waals surface area contributed by atoms with Crippen LogP contribution in [0.5, 0.6) is 0 Å². The van der Waals surface area contributed by atoms with Crippen molar-refractivity contribution in [3.63, 3.8) is 0 Å². The first kappa shape index (κ1) is 13.6. The molecule has 0 atom stereocenters. The molecule has 0 amide bonds. The van der Waals surface area contributed by atoms with E-state index in [9.17, 15) is 0 Å². The Bertz CT molecular complexity index is 324. The Hall–Kier alpha value is -1.37. The second kappa shape index (κ2) is 6.99. The van der Waals surface area contributed by atoms with Crippen molar-refractivity contribution in [3.05, 3.63) is 42.2 Å². The van der Waals surface area contributed by atoms with E-state index in [1.165, 1.54) is 5.56 Å². The van der Waals surface area contributed by atoms with Gasteiger partial charge in [0.2, 0.25) is 0 Å². The van der Waals surface area contributed by atoms with E-state index >= 15 is 0 Å². The van der Waals surface area contributed by atoms with Gasteiger partial charge in [-0.3, -0.25) is 4.98 Å². The molecule has 0 radical (unpaired) electrons. The van der Waals surface area contributed by atoms with E-state index in [0.29, 0.717) is 5.92 Å². The first-order valence-corrected chi connectivity index (χ1v) is 5.44. The van der Waals surface area contributed by atoms with Gasteiger partial charge in [-0.05, 0) is 29.2 Å². The summed E-state index contributed by atoms with van der Waals surface area (Å²) < 4.78 is 0. The number of hydrogen-bond acceptors (Lipinski definition) is 1. The Morgan fingerprint density at radius 2 is 1.80 bits per heavy atom. The van der Waals surface area contributed by atoms with E-state index in [-0.39, 0.29) is 0 Å². The van der Waals surface area contributed by atoms with Gasteiger partial charge < -0.3 is 0 Å². The average molecular weight is 203 g/mol. The van der Waals surface area contributed by atoms with Gasteiger partial charge in [0.25, 0.3) is 0 Å². The summed E-state index contributed by atoms with van der Waals surface area (Å²) in [6.07, 6.45) is 5.46. The Kier molecular flexibility index (Phi) is 6.35. The Morgan fingerprint density at radius 1 is 1.20 bits per heavy atom. The summed E-state index contributed by atoms with van der Waals surface area (Å²) in [5.74, 6) is 0.505. The molecule has 1 aromatic heterocycles. The first-order valence-electron chi connectivity index (χ1n) is 5.44. The standard InChI is InChI=1S/C12H15N.C2H6/c1-5-10-7-11(9(3)4)8-13-12(10)6-2;1-2/h5-9H,1-2H2,3-4H3;1-2H3. The van der Waals surface area contributed by atoms with Crippen LogP contribution in [0.15, 0.2) is 25.4 Å². The lowest BCUT2D eigenvalue weighted by Gasteiger charge is -2.07. The van der Waals surface area contributed by atoms with Gasteiger partial charge in [-0.15, -0.1) is 0 Å². The van der Waals surface area contributed by atoms with Crippen LogP contribution in [0.3, 0.4) is 0 Å². The molecule has 1 heterocycles. The highest BCUT2D eigenvalue weighted by molar-refractivity contribution is 5.61. The van der Waals surface area contributed by atoms with E-state index in [0.717, 1.165) is 11.3 Å². The topological polar surface area (TPSA) is 12.9 Å². The van der Waals surface area contributed by atoms with Crippen LogP contribution in [0, 0.1) is 0 Å². The fourth-order valence-electron chi connectivity index (χ4n) is 1.16. The van der Waals surface area contributed by atoms with Gasteiger partial charge in [-0.25, -0.2) is 0 Å². The van der Waals surface area contributed by atoms with Gasteiger partial charge in [0, 0.05) is 6.20 Å². The van der Waals surface area contributed by atoms with Gasteiger partial charge in [-0.2, -0.15) is 0 Å². The smallest absolute Gasteiger partial charge is 0.0696 e. The fourth-order valence-corrected chi connectivity index (χ4v) is 1.16. The third-order valence-corrected chi connectivity index (χ3v) is 2.05. The SMILES string of the molecule is C=Cc1cc(C(C)C)cnc1C=C.CC. The van der Waals surface area contributed by atoms with Crippen LogP contribution in [-0.2, 0) is 0 Å². The zero-order valence-electron chi connectivity index (χ0n) is 10.2. The minimum atomic E-state index is 0.505. The molecule has 0 aromatic carbocycles. The monoisotopic (exact) mass is 203 g/mol. The van der Waals surface area contributed by atoms with Crippen molar-refractivity contribution in [2.45, 2.75) is 33.6 Å². The molecule has 1 rings (SSSR count). The third kappa shape index (κ3) is 3.70. The highest BCUT2D eigenvalue weighted by Gasteiger charge is 2.02. The van der Waals surface area contributed by atoms with Crippen LogP contribution in [0.2, 0.25) is 0 Å². The van der Waals surface area contributed by atoms with E-state index in [2.05, 4.69) is 38.1 Å².